The van der Waals surface area contributed by atoms with E-state index in [4.69, 9.17) is 5.73 Å². The molecule has 3 nitrogen and oxygen atoms in total. The summed E-state index contributed by atoms with van der Waals surface area (Å²) in [6, 6.07) is 8.69. The van der Waals surface area contributed by atoms with E-state index in [9.17, 15) is 5.11 Å². The minimum absolute atomic E-state index is 0.0915. The smallest absolute Gasteiger partial charge is 0.0709 e. The van der Waals surface area contributed by atoms with E-state index in [1.165, 1.54) is 30.5 Å². The van der Waals surface area contributed by atoms with Crippen molar-refractivity contribution in [3.63, 3.8) is 0 Å². The lowest BCUT2D eigenvalue weighted by Crippen LogP contribution is -2.53. The van der Waals surface area contributed by atoms with Crippen molar-refractivity contribution in [3.8, 4) is 0 Å². The van der Waals surface area contributed by atoms with Gasteiger partial charge >= 0.3 is 0 Å². The molecule has 1 saturated carbocycles. The summed E-state index contributed by atoms with van der Waals surface area (Å²) in [5.74, 6) is 0.443. The lowest BCUT2D eigenvalue weighted by Gasteiger charge is -2.48. The number of fused-ring (bicyclic) bond motifs is 1. The van der Waals surface area contributed by atoms with E-state index in [1.807, 2.05) is 6.92 Å². The molecule has 20 heavy (non-hydrogen) atoms. The third kappa shape index (κ3) is 2.57. The summed E-state index contributed by atoms with van der Waals surface area (Å²) in [6.07, 6.45) is 5.54. The van der Waals surface area contributed by atoms with Crippen LogP contribution in [-0.4, -0.2) is 23.8 Å². The molecule has 1 aromatic rings. The van der Waals surface area contributed by atoms with Crippen LogP contribution < -0.4 is 10.6 Å². The minimum atomic E-state index is -0.388. The molecule has 1 saturated heterocycles. The molecule has 2 fully saturated rings. The molecule has 2 unspecified atom stereocenters. The number of anilines is 1. The zero-order valence-electron chi connectivity index (χ0n) is 12.4. The maximum absolute atomic E-state index is 10.7. The third-order valence-electron chi connectivity index (χ3n) is 5.21. The largest absolute Gasteiger partial charge is 0.389 e. The van der Waals surface area contributed by atoms with Crippen LogP contribution in [0.5, 0.6) is 0 Å². The number of rotatable bonds is 2. The van der Waals surface area contributed by atoms with E-state index in [1.54, 1.807) is 0 Å². The van der Waals surface area contributed by atoms with Gasteiger partial charge < -0.3 is 15.7 Å². The van der Waals surface area contributed by atoms with Crippen LogP contribution in [0.1, 0.15) is 50.6 Å². The molecular weight excluding hydrogens is 248 g/mol. The number of benzene rings is 1. The van der Waals surface area contributed by atoms with Crippen molar-refractivity contribution in [2.75, 3.05) is 18.0 Å². The molecule has 3 heteroatoms. The highest BCUT2D eigenvalue weighted by Crippen LogP contribution is 2.40. The van der Waals surface area contributed by atoms with Gasteiger partial charge in [-0.05, 0) is 43.9 Å². The van der Waals surface area contributed by atoms with Crippen LogP contribution in [0, 0.1) is 5.92 Å². The Morgan fingerprint density at radius 1 is 1.25 bits per heavy atom. The first kappa shape index (κ1) is 13.9. The van der Waals surface area contributed by atoms with E-state index in [0.717, 1.165) is 25.9 Å². The second kappa shape index (κ2) is 5.38. The summed E-state index contributed by atoms with van der Waals surface area (Å²) in [4.78, 5) is 2.43. The fourth-order valence-corrected chi connectivity index (χ4v) is 3.79. The normalized spacial score (nSPS) is 31.8. The molecule has 3 atom stereocenters. The topological polar surface area (TPSA) is 49.5 Å². The van der Waals surface area contributed by atoms with E-state index in [0.29, 0.717) is 5.92 Å². The third-order valence-corrected chi connectivity index (χ3v) is 5.21. The number of hydrogen-bond acceptors (Lipinski definition) is 3. The van der Waals surface area contributed by atoms with Gasteiger partial charge in [-0.15, -0.1) is 0 Å². The van der Waals surface area contributed by atoms with Gasteiger partial charge in [0.15, 0.2) is 0 Å². The van der Waals surface area contributed by atoms with Crippen molar-refractivity contribution in [2.45, 2.75) is 50.7 Å². The highest BCUT2D eigenvalue weighted by Gasteiger charge is 2.42. The van der Waals surface area contributed by atoms with Gasteiger partial charge in [-0.25, -0.2) is 0 Å². The Balaban J connectivity index is 1.72. The molecule has 1 aromatic carbocycles. The Hall–Kier alpha value is -1.06. The summed E-state index contributed by atoms with van der Waals surface area (Å²) < 4.78 is 0. The van der Waals surface area contributed by atoms with Crippen molar-refractivity contribution in [1.29, 1.82) is 0 Å². The zero-order valence-corrected chi connectivity index (χ0v) is 12.4. The average molecular weight is 274 g/mol. The molecule has 0 bridgehead atoms. The maximum atomic E-state index is 10.7. The van der Waals surface area contributed by atoms with Gasteiger partial charge in [0.1, 0.15) is 0 Å². The molecule has 1 heterocycles. The Morgan fingerprint density at radius 3 is 2.70 bits per heavy atom. The van der Waals surface area contributed by atoms with E-state index >= 15 is 0 Å². The highest BCUT2D eigenvalue weighted by atomic mass is 16.3. The first-order valence-corrected chi connectivity index (χ1v) is 7.91. The van der Waals surface area contributed by atoms with Gasteiger partial charge in [0, 0.05) is 30.7 Å². The fourth-order valence-electron chi connectivity index (χ4n) is 3.79. The van der Waals surface area contributed by atoms with Crippen LogP contribution >= 0.6 is 0 Å². The summed E-state index contributed by atoms with van der Waals surface area (Å²) in [6.45, 7) is 3.97. The van der Waals surface area contributed by atoms with Gasteiger partial charge in [-0.3, -0.25) is 0 Å². The maximum Gasteiger partial charge on any atom is 0.0709 e. The summed E-state index contributed by atoms with van der Waals surface area (Å²) >= 11 is 0. The van der Waals surface area contributed by atoms with E-state index in [2.05, 4.69) is 29.2 Å². The number of nitrogens with two attached hydrogens (primary N) is 1. The van der Waals surface area contributed by atoms with E-state index in [-0.39, 0.29) is 11.6 Å². The Morgan fingerprint density at radius 2 is 2.00 bits per heavy atom. The summed E-state index contributed by atoms with van der Waals surface area (Å²) in [7, 11) is 0. The lowest BCUT2D eigenvalue weighted by atomic mass is 9.71. The molecule has 3 rings (SSSR count). The van der Waals surface area contributed by atoms with Crippen molar-refractivity contribution < 1.29 is 5.11 Å². The van der Waals surface area contributed by atoms with Crippen LogP contribution in [0.4, 0.5) is 5.69 Å². The van der Waals surface area contributed by atoms with Crippen molar-refractivity contribution >= 4 is 5.69 Å². The van der Waals surface area contributed by atoms with Gasteiger partial charge in [-0.2, -0.15) is 0 Å². The van der Waals surface area contributed by atoms with Crippen LogP contribution in [0.15, 0.2) is 24.3 Å². The van der Waals surface area contributed by atoms with Gasteiger partial charge in [0.25, 0.3) is 0 Å². The summed E-state index contributed by atoms with van der Waals surface area (Å²) in [5, 5.41) is 10.7. The molecule has 0 aromatic heterocycles. The second-order valence-electron chi connectivity index (χ2n) is 6.62. The molecule has 0 amide bonds. The predicted molar refractivity (Wildman–Crippen MR) is 82.8 cm³/mol. The van der Waals surface area contributed by atoms with Crippen LogP contribution in [-0.2, 0) is 0 Å². The minimum Gasteiger partial charge on any atom is -0.389 e. The molecule has 0 radical (unpaired) electrons. The van der Waals surface area contributed by atoms with E-state index < -0.39 is 0 Å². The van der Waals surface area contributed by atoms with Gasteiger partial charge in [0.05, 0.1) is 5.60 Å². The molecule has 110 valence electrons. The first-order valence-electron chi connectivity index (χ1n) is 7.91. The quantitative estimate of drug-likeness (QED) is 0.872. The molecular formula is C17H26N2O. The Labute approximate surface area is 121 Å². The number of piperidine rings is 1. The molecule has 3 N–H and O–H groups in total. The van der Waals surface area contributed by atoms with Crippen LogP contribution in [0.2, 0.25) is 0 Å². The summed E-state index contributed by atoms with van der Waals surface area (Å²) in [5.41, 5.74) is 7.96. The van der Waals surface area contributed by atoms with Crippen molar-refractivity contribution in [3.05, 3.63) is 29.8 Å². The number of aliphatic hydroxyl groups is 1. The molecule has 1 aliphatic carbocycles. The van der Waals surface area contributed by atoms with Crippen LogP contribution in [0.3, 0.4) is 0 Å². The molecule has 2 aliphatic rings. The number of nitrogens with zero attached hydrogens (tertiary/aromatic N) is 1. The first-order chi connectivity index (χ1) is 9.58. The highest BCUT2D eigenvalue weighted by molar-refractivity contribution is 5.48. The fraction of sp³-hybridized carbons (Fsp3) is 0.647. The van der Waals surface area contributed by atoms with Crippen LogP contribution in [0.25, 0.3) is 0 Å². The molecule has 1 aliphatic heterocycles. The standard InChI is InChI=1S/C17H26N2O/c1-13(18)14-5-7-16(8-6-14)19-11-10-17(20)9-3-2-4-15(17)12-19/h5-8,13,15,20H,2-4,9-12,18H2,1H3/t13-,15?,17?/m0/s1. The zero-order chi connectivity index (χ0) is 14.2. The second-order valence-corrected chi connectivity index (χ2v) is 6.62. The predicted octanol–water partition coefficient (Wildman–Crippen LogP) is 2.84. The Kier molecular flexibility index (Phi) is 3.74. The average Bonchev–Trinajstić information content (AvgIpc) is 2.46. The number of hydrogen-bond donors (Lipinski definition) is 2. The van der Waals surface area contributed by atoms with Crippen molar-refractivity contribution in [2.24, 2.45) is 11.7 Å². The van der Waals surface area contributed by atoms with Crippen molar-refractivity contribution in [1.82, 2.24) is 0 Å². The SMILES string of the molecule is C[C@H](N)c1ccc(N2CCC3(O)CCCCC3C2)cc1. The van der Waals surface area contributed by atoms with Gasteiger partial charge in [-0.1, -0.05) is 25.0 Å². The Bertz CT molecular complexity index is 457. The monoisotopic (exact) mass is 274 g/mol. The lowest BCUT2D eigenvalue weighted by molar-refractivity contribution is -0.0612. The van der Waals surface area contributed by atoms with Gasteiger partial charge in [0.2, 0.25) is 0 Å². The molecule has 0 spiro atoms.